The smallest absolute Gasteiger partial charge is 0.317 e. The first kappa shape index (κ1) is 30.8. The van der Waals surface area contributed by atoms with Crippen molar-refractivity contribution in [1.82, 2.24) is 30.4 Å². The molecule has 0 aliphatic carbocycles. The van der Waals surface area contributed by atoms with Crippen LogP contribution in [0, 0.1) is 0 Å². The molecule has 0 aliphatic rings. The van der Waals surface area contributed by atoms with Crippen LogP contribution < -0.4 is 25.5 Å². The quantitative estimate of drug-likeness (QED) is 0.120. The number of hydrogen-bond acceptors (Lipinski definition) is 9. The number of carboxylic acid groups (broad SMARTS) is 2. The zero-order chi connectivity index (χ0) is 31.0. The van der Waals surface area contributed by atoms with Crippen molar-refractivity contribution in [3.8, 4) is 23.1 Å². The predicted molar refractivity (Wildman–Crippen MR) is 154 cm³/mol. The van der Waals surface area contributed by atoms with Crippen LogP contribution in [0.3, 0.4) is 0 Å². The van der Waals surface area contributed by atoms with Gasteiger partial charge in [-0.05, 0) is 47.5 Å². The first-order chi connectivity index (χ1) is 20.6. The van der Waals surface area contributed by atoms with Crippen molar-refractivity contribution in [3.05, 3.63) is 95.8 Å². The number of rotatable bonds is 13. The van der Waals surface area contributed by atoms with E-state index in [9.17, 15) is 24.1 Å². The summed E-state index contributed by atoms with van der Waals surface area (Å²) in [4.78, 5) is 47.8. The van der Waals surface area contributed by atoms with Gasteiger partial charge in [-0.15, -0.1) is 0 Å². The van der Waals surface area contributed by atoms with Gasteiger partial charge in [-0.25, -0.2) is 15.2 Å². The summed E-state index contributed by atoms with van der Waals surface area (Å²) in [5.74, 6) is -3.09. The summed E-state index contributed by atoms with van der Waals surface area (Å²) in [6.07, 6.45) is 2.73. The molecule has 0 radical (unpaired) electrons. The predicted octanol–water partition coefficient (Wildman–Crippen LogP) is 1.94. The molecule has 0 spiro atoms. The van der Waals surface area contributed by atoms with Gasteiger partial charge in [-0.2, -0.15) is 4.98 Å². The van der Waals surface area contributed by atoms with Gasteiger partial charge in [0.2, 0.25) is 13.3 Å². The second-order valence-corrected chi connectivity index (χ2v) is 11.4. The van der Waals surface area contributed by atoms with Crippen LogP contribution in [0.1, 0.15) is 27.5 Å². The number of nitrogens with zero attached hydrogens (tertiary/aromatic N) is 3. The highest BCUT2D eigenvalue weighted by molar-refractivity contribution is 7.67. The fourth-order valence-electron chi connectivity index (χ4n) is 3.99. The van der Waals surface area contributed by atoms with Crippen LogP contribution >= 0.6 is 7.44 Å². The summed E-state index contributed by atoms with van der Waals surface area (Å²) < 4.78 is 18.7. The molecule has 4 rings (SSSR count). The molecule has 0 aliphatic heterocycles. The Labute approximate surface area is 245 Å². The average molecular weight is 607 g/mol. The van der Waals surface area contributed by atoms with Gasteiger partial charge in [0.25, 0.3) is 5.91 Å². The van der Waals surface area contributed by atoms with Gasteiger partial charge in [-0.3, -0.25) is 23.9 Å². The highest BCUT2D eigenvalue weighted by Gasteiger charge is 2.27. The van der Waals surface area contributed by atoms with Gasteiger partial charge in [0.1, 0.15) is 30.1 Å². The van der Waals surface area contributed by atoms with Crippen molar-refractivity contribution in [1.29, 1.82) is 0 Å². The summed E-state index contributed by atoms with van der Waals surface area (Å²) in [5, 5.41) is 36.4. The number of nitrogens with one attached hydrogen (secondary N) is 3. The number of aromatic hydroxyl groups is 1. The number of carboxylic acids is 2. The molecule has 43 heavy (non-hydrogen) atoms. The number of hydrogen-bond donors (Lipinski definition) is 6. The lowest BCUT2D eigenvalue weighted by molar-refractivity contribution is -0.136. The molecule has 0 bridgehead atoms. The average Bonchev–Trinajstić information content (AvgIpc) is 3.02. The first-order valence-electron chi connectivity index (χ1n) is 12.7. The molecule has 222 valence electrons. The lowest BCUT2D eigenvalue weighted by Gasteiger charge is -2.23. The van der Waals surface area contributed by atoms with E-state index in [1.54, 1.807) is 60.8 Å². The van der Waals surface area contributed by atoms with Gasteiger partial charge in [-0.1, -0.05) is 30.3 Å². The van der Waals surface area contributed by atoms with Crippen LogP contribution in [0.15, 0.2) is 79.1 Å². The topological polar surface area (TPSA) is 213 Å². The van der Waals surface area contributed by atoms with Crippen LogP contribution in [-0.2, 0) is 14.2 Å². The summed E-state index contributed by atoms with van der Waals surface area (Å²) in [7, 11) is -2.33. The first-order valence-corrected chi connectivity index (χ1v) is 14.4. The van der Waals surface area contributed by atoms with Crippen LogP contribution in [0.5, 0.6) is 11.6 Å². The highest BCUT2D eigenvalue weighted by Crippen LogP contribution is 2.35. The van der Waals surface area contributed by atoms with E-state index in [4.69, 9.17) is 14.9 Å². The van der Waals surface area contributed by atoms with Gasteiger partial charge in [0.05, 0.1) is 13.2 Å². The standard InChI is InChI=1S/C28H27N6O8P/c1-42-19-9-5-17(6-10-19)25(33-27(39)21-14-30-26(34-28(21)40)22-4-2-3-13-29-22)18-7-11-20(12-8-18)43(41,31-15-23(35)36)32-16-24(37)38/h2-14,25H,15-16H2,1H3,(H,33,39)(H,35,36)(H,37,38)(H,30,34,40)(H2,31,32,41). The van der Waals surface area contributed by atoms with Gasteiger partial charge in [0, 0.05) is 17.7 Å². The molecule has 1 atom stereocenters. The second-order valence-electron chi connectivity index (χ2n) is 8.98. The lowest BCUT2D eigenvalue weighted by Crippen LogP contribution is -2.35. The molecule has 0 saturated heterocycles. The van der Waals surface area contributed by atoms with Crippen molar-refractivity contribution in [2.24, 2.45) is 0 Å². The summed E-state index contributed by atoms with van der Waals surface area (Å²) in [6, 6.07) is 17.2. The van der Waals surface area contributed by atoms with Crippen LogP contribution in [0.4, 0.5) is 0 Å². The fourth-order valence-corrected chi connectivity index (χ4v) is 5.75. The third-order valence-corrected chi connectivity index (χ3v) is 8.36. The second kappa shape index (κ2) is 13.7. The van der Waals surface area contributed by atoms with Gasteiger partial charge in [0.15, 0.2) is 5.82 Å². The summed E-state index contributed by atoms with van der Waals surface area (Å²) >= 11 is 0. The Morgan fingerprint density at radius 3 is 2.00 bits per heavy atom. The molecule has 15 heteroatoms. The Morgan fingerprint density at radius 1 is 0.884 bits per heavy atom. The third-order valence-electron chi connectivity index (χ3n) is 6.13. The molecule has 2 heterocycles. The van der Waals surface area contributed by atoms with E-state index < -0.39 is 50.3 Å². The Hall–Kier alpha value is -5.17. The molecule has 2 aromatic heterocycles. The SMILES string of the molecule is COc1ccc(C(NC(=O)c2cnc(-c3ccccn3)nc2O)c2ccc(P(=O)(NCC(=O)O)NCC(=O)O)cc2)cc1. The van der Waals surface area contributed by atoms with Crippen LogP contribution in [-0.4, -0.2) is 68.3 Å². The number of aliphatic carboxylic acids is 2. The maximum Gasteiger partial charge on any atom is 0.317 e. The molecule has 1 unspecified atom stereocenters. The van der Waals surface area contributed by atoms with E-state index in [1.165, 1.54) is 25.4 Å². The van der Waals surface area contributed by atoms with E-state index in [0.717, 1.165) is 0 Å². The van der Waals surface area contributed by atoms with Crippen molar-refractivity contribution >= 4 is 30.6 Å². The molecule has 4 aromatic rings. The molecular formula is C28H27N6O8P. The van der Waals surface area contributed by atoms with Gasteiger partial charge >= 0.3 is 11.9 Å². The Morgan fingerprint density at radius 2 is 1.49 bits per heavy atom. The van der Waals surface area contributed by atoms with Gasteiger partial charge < -0.3 is 25.4 Å². The fraction of sp³-hybridized carbons (Fsp3) is 0.143. The minimum Gasteiger partial charge on any atom is -0.497 e. The van der Waals surface area contributed by atoms with Crippen LogP contribution in [0.25, 0.3) is 11.5 Å². The maximum atomic E-state index is 13.5. The number of ether oxygens (including phenoxy) is 1. The molecular weight excluding hydrogens is 579 g/mol. The van der Waals surface area contributed by atoms with Crippen molar-refractivity contribution in [2.45, 2.75) is 6.04 Å². The van der Waals surface area contributed by atoms with E-state index in [-0.39, 0.29) is 16.7 Å². The molecule has 1 amide bonds. The zero-order valence-electron chi connectivity index (χ0n) is 22.7. The number of carbonyl (C=O) groups is 3. The highest BCUT2D eigenvalue weighted by atomic mass is 31.2. The largest absolute Gasteiger partial charge is 0.497 e. The summed E-state index contributed by atoms with van der Waals surface area (Å²) in [6.45, 7) is -1.36. The number of aromatic nitrogens is 3. The Bertz CT molecular complexity index is 1630. The van der Waals surface area contributed by atoms with Crippen molar-refractivity contribution in [3.63, 3.8) is 0 Å². The Balaban J connectivity index is 1.65. The lowest BCUT2D eigenvalue weighted by atomic mass is 9.98. The molecule has 6 N–H and O–H groups in total. The van der Waals surface area contributed by atoms with Crippen molar-refractivity contribution in [2.75, 3.05) is 20.2 Å². The van der Waals surface area contributed by atoms with Crippen molar-refractivity contribution < 1.29 is 39.0 Å². The molecule has 14 nitrogen and oxygen atoms in total. The minimum atomic E-state index is -3.84. The molecule has 0 saturated carbocycles. The van der Waals surface area contributed by atoms with E-state index in [0.29, 0.717) is 22.6 Å². The number of pyridine rings is 1. The van der Waals surface area contributed by atoms with E-state index in [2.05, 4.69) is 30.4 Å². The third kappa shape index (κ3) is 7.77. The minimum absolute atomic E-state index is 0.120. The molecule has 2 aromatic carbocycles. The monoisotopic (exact) mass is 606 g/mol. The molecule has 0 fully saturated rings. The number of benzene rings is 2. The number of amides is 1. The van der Waals surface area contributed by atoms with E-state index >= 15 is 0 Å². The Kier molecular flexibility index (Phi) is 9.78. The normalized spacial score (nSPS) is 11.8. The zero-order valence-corrected chi connectivity index (χ0v) is 23.6. The van der Waals surface area contributed by atoms with E-state index in [1.807, 2.05) is 0 Å². The maximum absolute atomic E-state index is 13.5. The number of carbonyl (C=O) groups excluding carboxylic acids is 1. The summed E-state index contributed by atoms with van der Waals surface area (Å²) in [5.41, 5.74) is 1.38. The van der Waals surface area contributed by atoms with Crippen LogP contribution in [0.2, 0.25) is 0 Å². The number of methoxy groups -OCH3 is 1.